The highest BCUT2D eigenvalue weighted by atomic mass is 16.1. The highest BCUT2D eigenvalue weighted by molar-refractivity contribution is 6.01. The van der Waals surface area contributed by atoms with Crippen LogP contribution in [0.1, 0.15) is 33.1 Å². The molecule has 1 aliphatic rings. The van der Waals surface area contributed by atoms with Crippen molar-refractivity contribution in [2.24, 2.45) is 0 Å². The van der Waals surface area contributed by atoms with Crippen molar-refractivity contribution in [1.82, 2.24) is 0 Å². The summed E-state index contributed by atoms with van der Waals surface area (Å²) in [5.74, 6) is -0.0514. The van der Waals surface area contributed by atoms with E-state index >= 15 is 0 Å². The molecule has 0 saturated carbocycles. The first-order valence-corrected chi connectivity index (χ1v) is 6.96. The highest BCUT2D eigenvalue weighted by Gasteiger charge is 2.14. The Balaban J connectivity index is 2.16. The predicted molar refractivity (Wildman–Crippen MR) is 80.6 cm³/mol. The van der Waals surface area contributed by atoms with Gasteiger partial charge in [-0.05, 0) is 45.2 Å². The average molecular weight is 258 g/mol. The Morgan fingerprint density at radius 3 is 2.53 bits per heavy atom. The van der Waals surface area contributed by atoms with Crippen LogP contribution in [0.4, 0.5) is 11.4 Å². The van der Waals surface area contributed by atoms with Crippen LogP contribution in [0.25, 0.3) is 0 Å². The fourth-order valence-electron chi connectivity index (χ4n) is 2.42. The van der Waals surface area contributed by atoms with Crippen molar-refractivity contribution in [2.75, 3.05) is 23.3 Å². The maximum atomic E-state index is 11.9. The molecule has 1 N–H and O–H groups in total. The Kier molecular flexibility index (Phi) is 4.61. The van der Waals surface area contributed by atoms with Crippen molar-refractivity contribution in [3.8, 4) is 0 Å². The number of rotatable bonds is 3. The van der Waals surface area contributed by atoms with Gasteiger partial charge in [-0.3, -0.25) is 4.79 Å². The smallest absolute Gasteiger partial charge is 0.248 e. The molecule has 0 radical (unpaired) electrons. The molecular formula is C16H22N2O. The van der Waals surface area contributed by atoms with Crippen molar-refractivity contribution >= 4 is 17.3 Å². The van der Waals surface area contributed by atoms with Gasteiger partial charge in [0.2, 0.25) is 5.91 Å². The molecule has 102 valence electrons. The number of carbonyl (C=O) groups is 1. The summed E-state index contributed by atoms with van der Waals surface area (Å²) in [7, 11) is 0. The van der Waals surface area contributed by atoms with Crippen LogP contribution in [-0.2, 0) is 4.79 Å². The molecule has 0 bridgehead atoms. The van der Waals surface area contributed by atoms with E-state index in [1.54, 1.807) is 6.08 Å². The summed E-state index contributed by atoms with van der Waals surface area (Å²) in [4.78, 5) is 14.2. The number of para-hydroxylation sites is 2. The number of hydrogen-bond acceptors (Lipinski definition) is 2. The molecule has 1 aromatic rings. The summed E-state index contributed by atoms with van der Waals surface area (Å²) in [5.41, 5.74) is 3.05. The van der Waals surface area contributed by atoms with E-state index in [-0.39, 0.29) is 5.91 Å². The maximum Gasteiger partial charge on any atom is 0.248 e. The van der Waals surface area contributed by atoms with Gasteiger partial charge in [-0.15, -0.1) is 0 Å². The molecule has 1 fully saturated rings. The SMILES string of the molecule is CC(C)=CC(=O)Nc1ccccc1N1CCCCC1. The summed E-state index contributed by atoms with van der Waals surface area (Å²) in [6.07, 6.45) is 5.41. The minimum Gasteiger partial charge on any atom is -0.370 e. The second kappa shape index (κ2) is 6.41. The molecule has 1 saturated heterocycles. The van der Waals surface area contributed by atoms with Crippen LogP contribution >= 0.6 is 0 Å². The van der Waals surface area contributed by atoms with Gasteiger partial charge in [0.1, 0.15) is 0 Å². The molecule has 0 spiro atoms. The lowest BCUT2D eigenvalue weighted by Crippen LogP contribution is -2.30. The van der Waals surface area contributed by atoms with Gasteiger partial charge in [0.05, 0.1) is 11.4 Å². The Labute approximate surface area is 115 Å². The zero-order valence-electron chi connectivity index (χ0n) is 11.8. The van der Waals surface area contributed by atoms with Crippen LogP contribution in [-0.4, -0.2) is 19.0 Å². The van der Waals surface area contributed by atoms with Crippen molar-refractivity contribution < 1.29 is 4.79 Å². The minimum absolute atomic E-state index is 0.0514. The van der Waals surface area contributed by atoms with Gasteiger partial charge >= 0.3 is 0 Å². The van der Waals surface area contributed by atoms with Gasteiger partial charge in [0.25, 0.3) is 0 Å². The van der Waals surface area contributed by atoms with Crippen LogP contribution in [0, 0.1) is 0 Å². The van der Waals surface area contributed by atoms with Gasteiger partial charge < -0.3 is 10.2 Å². The Bertz CT molecular complexity index is 469. The van der Waals surface area contributed by atoms with Crippen molar-refractivity contribution in [1.29, 1.82) is 0 Å². The molecule has 1 aromatic carbocycles. The predicted octanol–water partition coefficient (Wildman–Crippen LogP) is 3.58. The number of piperidine rings is 1. The van der Waals surface area contributed by atoms with Gasteiger partial charge in [0.15, 0.2) is 0 Å². The largest absolute Gasteiger partial charge is 0.370 e. The molecule has 1 amide bonds. The standard InChI is InChI=1S/C16H22N2O/c1-13(2)12-16(19)17-14-8-4-5-9-15(14)18-10-6-3-7-11-18/h4-5,8-9,12H,3,6-7,10-11H2,1-2H3,(H,17,19). The average Bonchev–Trinajstić information content (AvgIpc) is 2.39. The molecular weight excluding hydrogens is 236 g/mol. The Hall–Kier alpha value is -1.77. The van der Waals surface area contributed by atoms with E-state index in [9.17, 15) is 4.79 Å². The zero-order valence-corrected chi connectivity index (χ0v) is 11.8. The molecule has 1 heterocycles. The van der Waals surface area contributed by atoms with Crippen LogP contribution in [0.2, 0.25) is 0 Å². The molecule has 0 unspecified atom stereocenters. The van der Waals surface area contributed by atoms with Crippen LogP contribution in [0.15, 0.2) is 35.9 Å². The lowest BCUT2D eigenvalue weighted by Gasteiger charge is -2.30. The first kappa shape index (κ1) is 13.7. The molecule has 19 heavy (non-hydrogen) atoms. The third-order valence-corrected chi connectivity index (χ3v) is 3.28. The number of nitrogens with zero attached hydrogens (tertiary/aromatic N) is 1. The third-order valence-electron chi connectivity index (χ3n) is 3.28. The second-order valence-electron chi connectivity index (χ2n) is 5.28. The Morgan fingerprint density at radius 1 is 1.16 bits per heavy atom. The summed E-state index contributed by atoms with van der Waals surface area (Å²) in [6.45, 7) is 6.01. The quantitative estimate of drug-likeness (QED) is 0.840. The number of benzene rings is 1. The molecule has 0 aliphatic carbocycles. The summed E-state index contributed by atoms with van der Waals surface area (Å²) in [6, 6.07) is 8.05. The van der Waals surface area contributed by atoms with Crippen molar-refractivity contribution in [3.05, 3.63) is 35.9 Å². The third kappa shape index (κ3) is 3.85. The van der Waals surface area contributed by atoms with E-state index in [1.807, 2.05) is 32.0 Å². The molecule has 3 nitrogen and oxygen atoms in total. The number of hydrogen-bond donors (Lipinski definition) is 1. The van der Waals surface area contributed by atoms with Crippen LogP contribution in [0.5, 0.6) is 0 Å². The number of allylic oxidation sites excluding steroid dienone is 1. The molecule has 1 aliphatic heterocycles. The lowest BCUT2D eigenvalue weighted by molar-refractivity contribution is -0.111. The molecule has 0 atom stereocenters. The minimum atomic E-state index is -0.0514. The van der Waals surface area contributed by atoms with Crippen LogP contribution < -0.4 is 10.2 Å². The fraction of sp³-hybridized carbons (Fsp3) is 0.438. The topological polar surface area (TPSA) is 32.3 Å². The lowest BCUT2D eigenvalue weighted by atomic mass is 10.1. The summed E-state index contributed by atoms with van der Waals surface area (Å²) in [5, 5.41) is 2.98. The molecule has 0 aromatic heterocycles. The van der Waals surface area contributed by atoms with Gasteiger partial charge in [-0.25, -0.2) is 0 Å². The summed E-state index contributed by atoms with van der Waals surface area (Å²) >= 11 is 0. The van der Waals surface area contributed by atoms with E-state index < -0.39 is 0 Å². The monoisotopic (exact) mass is 258 g/mol. The van der Waals surface area contributed by atoms with Crippen LogP contribution in [0.3, 0.4) is 0 Å². The molecule has 3 heteroatoms. The van der Waals surface area contributed by atoms with Gasteiger partial charge in [-0.2, -0.15) is 0 Å². The normalized spacial score (nSPS) is 14.9. The number of anilines is 2. The van der Waals surface area contributed by atoms with Gasteiger partial charge in [-0.1, -0.05) is 17.7 Å². The molecule has 2 rings (SSSR count). The Morgan fingerprint density at radius 2 is 1.84 bits per heavy atom. The van der Waals surface area contributed by atoms with E-state index in [0.29, 0.717) is 0 Å². The van der Waals surface area contributed by atoms with E-state index in [4.69, 9.17) is 0 Å². The number of nitrogens with one attached hydrogen (secondary N) is 1. The first-order valence-electron chi connectivity index (χ1n) is 6.96. The van der Waals surface area contributed by atoms with Crippen molar-refractivity contribution in [3.63, 3.8) is 0 Å². The van der Waals surface area contributed by atoms with E-state index in [2.05, 4.69) is 16.3 Å². The first-order chi connectivity index (χ1) is 9.16. The number of amides is 1. The van der Waals surface area contributed by atoms with Gasteiger partial charge in [0, 0.05) is 19.2 Å². The zero-order chi connectivity index (χ0) is 13.7. The summed E-state index contributed by atoms with van der Waals surface area (Å²) < 4.78 is 0. The number of carbonyl (C=O) groups excluding carboxylic acids is 1. The van der Waals surface area contributed by atoms with Crippen molar-refractivity contribution in [2.45, 2.75) is 33.1 Å². The van der Waals surface area contributed by atoms with E-state index in [1.165, 1.54) is 19.3 Å². The maximum absolute atomic E-state index is 11.9. The fourth-order valence-corrected chi connectivity index (χ4v) is 2.42. The second-order valence-corrected chi connectivity index (χ2v) is 5.28. The van der Waals surface area contributed by atoms with E-state index in [0.717, 1.165) is 30.0 Å². The highest BCUT2D eigenvalue weighted by Crippen LogP contribution is 2.28.